The molecule has 0 radical (unpaired) electrons. The summed E-state index contributed by atoms with van der Waals surface area (Å²) in [5.74, 6) is -0.522. The van der Waals surface area contributed by atoms with Gasteiger partial charge in [0.1, 0.15) is 6.54 Å². The van der Waals surface area contributed by atoms with Gasteiger partial charge in [-0.15, -0.1) is 11.8 Å². The molecule has 1 atom stereocenters. The van der Waals surface area contributed by atoms with Gasteiger partial charge in [0.05, 0.1) is 30.0 Å². The average Bonchev–Trinajstić information content (AvgIpc) is 2.69. The maximum atomic E-state index is 12.9. The van der Waals surface area contributed by atoms with Crippen LogP contribution in [0.1, 0.15) is 37.4 Å². The molecule has 0 saturated carbocycles. The molecule has 0 bridgehead atoms. The molecule has 1 N–H and O–H groups in total. The fourth-order valence-corrected chi connectivity index (χ4v) is 4.18. The number of anilines is 1. The predicted octanol–water partition coefficient (Wildman–Crippen LogP) is 3.63. The summed E-state index contributed by atoms with van der Waals surface area (Å²) in [6, 6.07) is 14.6. The lowest BCUT2D eigenvalue weighted by molar-refractivity contribution is -0.148. The SMILES string of the molecule is Cc1ccc(C(CC(=O)OC(C)C)NC(=O)CN2C(=O)CSc3ccccc32)cc1. The molecule has 1 heterocycles. The van der Waals surface area contributed by atoms with Gasteiger partial charge in [0.25, 0.3) is 0 Å². The van der Waals surface area contributed by atoms with E-state index in [9.17, 15) is 14.4 Å². The van der Waals surface area contributed by atoms with Crippen molar-refractivity contribution in [1.82, 2.24) is 5.32 Å². The third-order valence-electron chi connectivity index (χ3n) is 4.66. The quantitative estimate of drug-likeness (QED) is 0.684. The molecule has 158 valence electrons. The first kappa shape index (κ1) is 21.9. The first-order valence-electron chi connectivity index (χ1n) is 9.91. The summed E-state index contributed by atoms with van der Waals surface area (Å²) in [5, 5.41) is 2.92. The summed E-state index contributed by atoms with van der Waals surface area (Å²) in [5.41, 5.74) is 2.64. The summed E-state index contributed by atoms with van der Waals surface area (Å²) in [4.78, 5) is 40.0. The Balaban J connectivity index is 1.75. The van der Waals surface area contributed by atoms with E-state index in [4.69, 9.17) is 4.74 Å². The highest BCUT2D eigenvalue weighted by molar-refractivity contribution is 8.00. The van der Waals surface area contributed by atoms with E-state index in [1.807, 2.05) is 55.5 Å². The van der Waals surface area contributed by atoms with Crippen molar-refractivity contribution in [3.05, 3.63) is 59.7 Å². The second-order valence-corrected chi connectivity index (χ2v) is 8.53. The van der Waals surface area contributed by atoms with Crippen LogP contribution in [0.4, 0.5) is 5.69 Å². The molecule has 0 fully saturated rings. The van der Waals surface area contributed by atoms with Crippen LogP contribution in [-0.4, -0.2) is 36.2 Å². The molecule has 0 saturated heterocycles. The molecule has 30 heavy (non-hydrogen) atoms. The summed E-state index contributed by atoms with van der Waals surface area (Å²) in [6.45, 7) is 5.45. The largest absolute Gasteiger partial charge is 0.463 e. The Morgan fingerprint density at radius 1 is 1.13 bits per heavy atom. The summed E-state index contributed by atoms with van der Waals surface area (Å²) >= 11 is 1.47. The molecule has 2 aromatic carbocycles. The number of thioether (sulfide) groups is 1. The lowest BCUT2D eigenvalue weighted by Crippen LogP contribution is -2.44. The number of carbonyl (C=O) groups is 3. The maximum absolute atomic E-state index is 12.9. The molecule has 1 aliphatic rings. The number of nitrogens with one attached hydrogen (secondary N) is 1. The summed E-state index contributed by atoms with van der Waals surface area (Å²) in [7, 11) is 0. The Labute approximate surface area is 181 Å². The zero-order valence-corrected chi connectivity index (χ0v) is 18.2. The Kier molecular flexibility index (Phi) is 7.15. The highest BCUT2D eigenvalue weighted by Crippen LogP contribution is 2.34. The lowest BCUT2D eigenvalue weighted by atomic mass is 10.0. The molecule has 0 aromatic heterocycles. The molecule has 0 aliphatic carbocycles. The molecule has 6 nitrogen and oxygen atoms in total. The third kappa shape index (κ3) is 5.63. The number of benzene rings is 2. The number of para-hydroxylation sites is 1. The van der Waals surface area contributed by atoms with Gasteiger partial charge >= 0.3 is 5.97 Å². The standard InChI is InChI=1S/C23H26N2O4S/c1-15(2)29-23(28)12-18(17-10-8-16(3)9-11-17)24-21(26)13-25-19-6-4-5-7-20(19)30-14-22(25)27/h4-11,15,18H,12-14H2,1-3H3,(H,24,26). The van der Waals surface area contributed by atoms with E-state index in [-0.39, 0.29) is 36.9 Å². The fraction of sp³-hybridized carbons (Fsp3) is 0.348. The van der Waals surface area contributed by atoms with Crippen LogP contribution in [0.5, 0.6) is 0 Å². The molecule has 7 heteroatoms. The Bertz CT molecular complexity index is 927. The van der Waals surface area contributed by atoms with Gasteiger partial charge in [-0.05, 0) is 38.5 Å². The maximum Gasteiger partial charge on any atom is 0.308 e. The van der Waals surface area contributed by atoms with Gasteiger partial charge in [0.15, 0.2) is 0 Å². The number of nitrogens with zero attached hydrogens (tertiary/aromatic N) is 1. The first-order valence-corrected chi connectivity index (χ1v) is 10.9. The Hall–Kier alpha value is -2.80. The minimum atomic E-state index is -0.533. The van der Waals surface area contributed by atoms with Crippen molar-refractivity contribution in [2.75, 3.05) is 17.2 Å². The van der Waals surface area contributed by atoms with E-state index in [1.165, 1.54) is 16.7 Å². The second-order valence-electron chi connectivity index (χ2n) is 7.51. The molecule has 2 amide bonds. The monoisotopic (exact) mass is 426 g/mol. The average molecular weight is 427 g/mol. The number of rotatable bonds is 7. The van der Waals surface area contributed by atoms with E-state index < -0.39 is 6.04 Å². The summed E-state index contributed by atoms with van der Waals surface area (Å²) < 4.78 is 5.26. The van der Waals surface area contributed by atoms with Crippen LogP contribution in [0, 0.1) is 6.92 Å². The number of aryl methyl sites for hydroxylation is 1. The zero-order chi connectivity index (χ0) is 21.7. The minimum Gasteiger partial charge on any atom is -0.463 e. The molecule has 3 rings (SSSR count). The Morgan fingerprint density at radius 3 is 2.53 bits per heavy atom. The van der Waals surface area contributed by atoms with Crippen molar-refractivity contribution in [2.24, 2.45) is 0 Å². The van der Waals surface area contributed by atoms with Gasteiger partial charge in [0.2, 0.25) is 11.8 Å². The van der Waals surface area contributed by atoms with E-state index in [0.717, 1.165) is 21.7 Å². The molecular formula is C23H26N2O4S. The second kappa shape index (κ2) is 9.80. The van der Waals surface area contributed by atoms with Crippen molar-refractivity contribution in [1.29, 1.82) is 0 Å². The first-order chi connectivity index (χ1) is 14.3. The number of fused-ring (bicyclic) bond motifs is 1. The highest BCUT2D eigenvalue weighted by Gasteiger charge is 2.28. The Morgan fingerprint density at radius 2 is 1.83 bits per heavy atom. The topological polar surface area (TPSA) is 75.7 Å². The minimum absolute atomic E-state index is 0.0212. The van der Waals surface area contributed by atoms with E-state index in [2.05, 4.69) is 5.32 Å². The van der Waals surface area contributed by atoms with Crippen molar-refractivity contribution in [3.63, 3.8) is 0 Å². The summed E-state index contributed by atoms with van der Waals surface area (Å²) in [6.07, 6.45) is -0.209. The van der Waals surface area contributed by atoms with Gasteiger partial charge in [-0.25, -0.2) is 0 Å². The van der Waals surface area contributed by atoms with Crippen molar-refractivity contribution >= 4 is 35.2 Å². The van der Waals surface area contributed by atoms with Gasteiger partial charge in [0, 0.05) is 4.90 Å². The molecule has 0 spiro atoms. The van der Waals surface area contributed by atoms with Crippen molar-refractivity contribution in [3.8, 4) is 0 Å². The lowest BCUT2D eigenvalue weighted by Gasteiger charge is -2.29. The number of carbonyl (C=O) groups excluding carboxylic acids is 3. The van der Waals surface area contributed by atoms with Crippen LogP contribution in [0.2, 0.25) is 0 Å². The normalized spacial score (nSPS) is 14.3. The van der Waals surface area contributed by atoms with E-state index >= 15 is 0 Å². The van der Waals surface area contributed by atoms with Crippen LogP contribution in [0.15, 0.2) is 53.4 Å². The van der Waals surface area contributed by atoms with Crippen molar-refractivity contribution < 1.29 is 19.1 Å². The van der Waals surface area contributed by atoms with Crippen LogP contribution in [-0.2, 0) is 19.1 Å². The predicted molar refractivity (Wildman–Crippen MR) is 117 cm³/mol. The van der Waals surface area contributed by atoms with E-state index in [1.54, 1.807) is 13.8 Å². The molecule has 1 unspecified atom stereocenters. The van der Waals surface area contributed by atoms with Gasteiger partial charge in [-0.1, -0.05) is 42.0 Å². The van der Waals surface area contributed by atoms with Gasteiger partial charge in [-0.2, -0.15) is 0 Å². The van der Waals surface area contributed by atoms with Crippen LogP contribution < -0.4 is 10.2 Å². The number of amides is 2. The van der Waals surface area contributed by atoms with Gasteiger partial charge in [-0.3, -0.25) is 14.4 Å². The molecule has 2 aromatic rings. The van der Waals surface area contributed by atoms with Gasteiger partial charge < -0.3 is 15.0 Å². The van der Waals surface area contributed by atoms with Crippen LogP contribution in [0.25, 0.3) is 0 Å². The zero-order valence-electron chi connectivity index (χ0n) is 17.4. The number of hydrogen-bond donors (Lipinski definition) is 1. The van der Waals surface area contributed by atoms with Crippen LogP contribution in [0.3, 0.4) is 0 Å². The van der Waals surface area contributed by atoms with Crippen molar-refractivity contribution in [2.45, 2.75) is 44.2 Å². The fourth-order valence-electron chi connectivity index (χ4n) is 3.24. The smallest absolute Gasteiger partial charge is 0.308 e. The third-order valence-corrected chi connectivity index (χ3v) is 5.71. The van der Waals surface area contributed by atoms with E-state index in [0.29, 0.717) is 5.75 Å². The molecule has 1 aliphatic heterocycles. The highest BCUT2D eigenvalue weighted by atomic mass is 32.2. The number of ether oxygens (including phenoxy) is 1. The molecular weight excluding hydrogens is 400 g/mol. The number of esters is 1. The number of hydrogen-bond acceptors (Lipinski definition) is 5. The van der Waals surface area contributed by atoms with Crippen LogP contribution >= 0.6 is 11.8 Å².